The van der Waals surface area contributed by atoms with Crippen LogP contribution < -0.4 is 0 Å². The zero-order valence-corrected chi connectivity index (χ0v) is 66.4. The molecule has 0 N–H and O–H groups in total. The van der Waals surface area contributed by atoms with Crippen LogP contribution in [0.2, 0.25) is 0 Å². The molecule has 12 nitrogen and oxygen atoms in total. The number of pyridine rings is 9. The minimum atomic E-state index is 0.923. The molecule has 12 heterocycles. The van der Waals surface area contributed by atoms with E-state index >= 15 is 0 Å². The van der Waals surface area contributed by atoms with Gasteiger partial charge in [0.25, 0.3) is 0 Å². The molecule has 0 saturated carbocycles. The van der Waals surface area contributed by atoms with Gasteiger partial charge in [-0.15, -0.1) is 0 Å². The third-order valence-electron chi connectivity index (χ3n) is 23.4. The lowest BCUT2D eigenvalue weighted by Crippen LogP contribution is -1.95. The van der Waals surface area contributed by atoms with Gasteiger partial charge in [0, 0.05) is 157 Å². The summed E-state index contributed by atoms with van der Waals surface area (Å²) in [6.45, 7) is 0. The minimum Gasteiger partial charge on any atom is -0.309 e. The Kier molecular flexibility index (Phi) is 18.6. The molecule has 0 spiro atoms. The van der Waals surface area contributed by atoms with E-state index < -0.39 is 0 Å². The van der Waals surface area contributed by atoms with Gasteiger partial charge in [-0.1, -0.05) is 212 Å². The molecule has 0 radical (unpaired) electrons. The first-order valence-corrected chi connectivity index (χ1v) is 41.0. The molecule has 0 bridgehead atoms. The van der Waals surface area contributed by atoms with E-state index in [1.165, 1.54) is 70.6 Å². The second-order valence-corrected chi connectivity index (χ2v) is 30.6. The van der Waals surface area contributed by atoms with E-state index in [0.29, 0.717) is 0 Å². The van der Waals surface area contributed by atoms with Gasteiger partial charge in [-0.25, -0.2) is 15.0 Å². The summed E-state index contributed by atoms with van der Waals surface area (Å²) in [6.07, 6.45) is 22.3. The Hall–Kier alpha value is -16.8. The highest BCUT2D eigenvalue weighted by atomic mass is 15.0. The molecular formula is C111H72N12. The van der Waals surface area contributed by atoms with Gasteiger partial charge in [-0.05, 0) is 217 Å². The van der Waals surface area contributed by atoms with Crippen LogP contribution >= 0.6 is 0 Å². The van der Waals surface area contributed by atoms with Crippen molar-refractivity contribution in [3.8, 4) is 118 Å². The lowest BCUT2D eigenvalue weighted by molar-refractivity contribution is 1.17. The summed E-state index contributed by atoms with van der Waals surface area (Å²) in [7, 11) is 0. The van der Waals surface area contributed by atoms with E-state index in [0.717, 1.165) is 145 Å². The summed E-state index contributed by atoms with van der Waals surface area (Å²) in [4.78, 5) is 41.2. The maximum Gasteiger partial charge on any atom is 0.0721 e. The molecule has 0 unspecified atom stereocenters. The van der Waals surface area contributed by atoms with Crippen LogP contribution in [0.1, 0.15) is 0 Å². The molecule has 0 amide bonds. The summed E-state index contributed by atoms with van der Waals surface area (Å²) >= 11 is 0. The van der Waals surface area contributed by atoms with E-state index in [1.54, 1.807) is 0 Å². The maximum absolute atomic E-state index is 5.14. The Morgan fingerprint density at radius 2 is 0.447 bits per heavy atom. The van der Waals surface area contributed by atoms with Crippen LogP contribution in [0.15, 0.2) is 438 Å². The quantitative estimate of drug-likeness (QED) is 0.117. The van der Waals surface area contributed by atoms with Crippen molar-refractivity contribution in [1.29, 1.82) is 0 Å². The molecular weight excluding hydrogens is 1500 g/mol. The van der Waals surface area contributed by atoms with Crippen LogP contribution in [0.25, 0.3) is 216 Å². The fourth-order valence-electron chi connectivity index (χ4n) is 17.5. The predicted octanol–water partition coefficient (Wildman–Crippen LogP) is 27.4. The highest BCUT2D eigenvalue weighted by Gasteiger charge is 2.20. The molecule has 24 aromatic rings. The number of rotatable bonds is 12. The molecule has 0 fully saturated rings. The van der Waals surface area contributed by atoms with Gasteiger partial charge < -0.3 is 13.7 Å². The second kappa shape index (κ2) is 31.6. The molecule has 12 aromatic carbocycles. The van der Waals surface area contributed by atoms with Gasteiger partial charge >= 0.3 is 0 Å². The van der Waals surface area contributed by atoms with Crippen molar-refractivity contribution in [1.82, 2.24) is 58.6 Å². The van der Waals surface area contributed by atoms with Gasteiger partial charge in [0.2, 0.25) is 0 Å². The highest BCUT2D eigenvalue weighted by Crippen LogP contribution is 2.42. The Morgan fingerprint density at radius 3 is 0.878 bits per heavy atom. The molecule has 576 valence electrons. The van der Waals surface area contributed by atoms with Crippen molar-refractivity contribution in [2.24, 2.45) is 0 Å². The van der Waals surface area contributed by atoms with Crippen molar-refractivity contribution in [2.45, 2.75) is 0 Å². The number of benzene rings is 12. The third kappa shape index (κ3) is 13.8. The second-order valence-electron chi connectivity index (χ2n) is 30.6. The van der Waals surface area contributed by atoms with E-state index in [-0.39, 0.29) is 0 Å². The van der Waals surface area contributed by atoms with Crippen molar-refractivity contribution in [2.75, 3.05) is 0 Å². The fourth-order valence-corrected chi connectivity index (χ4v) is 17.5. The lowest BCUT2D eigenvalue weighted by Gasteiger charge is -2.13. The Morgan fingerprint density at radius 1 is 0.154 bits per heavy atom. The molecule has 0 aliphatic carbocycles. The zero-order valence-electron chi connectivity index (χ0n) is 66.4. The maximum atomic E-state index is 5.14. The van der Waals surface area contributed by atoms with Gasteiger partial charge in [0.1, 0.15) is 0 Å². The van der Waals surface area contributed by atoms with Crippen LogP contribution in [-0.4, -0.2) is 58.6 Å². The van der Waals surface area contributed by atoms with Crippen LogP contribution in [0, 0.1) is 0 Å². The average Bonchev–Trinajstić information content (AvgIpc) is 0.986. The average molecular weight is 1570 g/mol. The van der Waals surface area contributed by atoms with Gasteiger partial charge in [-0.2, -0.15) is 0 Å². The standard InChI is InChI=1S/3C37H24N4/c1-2-8-30-26(6-1)7-5-10-31(30)35-23-28(22-34(40-35)27-16-19-38-20-17-27)25-12-14-29(15-13-25)41-36-11-4-3-9-32(36)33-24-39-21-18-37(33)41;1-2-8-30-25(6-1)7-5-10-31(30)28-22-34(40-35(23-28)27-16-19-38-20-17-27)26-12-14-29(15-13-26)41-36-11-4-3-9-32(36)33-24-39-21-18-37(33)41;1-2-6-28-21-29(10-9-25(28)5-1)35-23-30(22-34(40-35)27-15-18-38-19-16-27)26-11-13-31(14-12-26)41-36-8-4-3-7-32(36)33-24-39-20-17-37(33)41/h3*1-24H. The summed E-state index contributed by atoms with van der Waals surface area (Å²) in [5, 5.41) is 14.3. The lowest BCUT2D eigenvalue weighted by atomic mass is 9.96. The molecule has 0 aliphatic heterocycles. The van der Waals surface area contributed by atoms with E-state index in [4.69, 9.17) is 15.0 Å². The molecule has 0 saturated heterocycles. The topological polar surface area (TPSA) is 131 Å². The summed E-state index contributed by atoms with van der Waals surface area (Å²) in [6, 6.07) is 128. The zero-order chi connectivity index (χ0) is 81.5. The number of fused-ring (bicyclic) bond motifs is 12. The number of hydrogen-bond donors (Lipinski definition) is 0. The summed E-state index contributed by atoms with van der Waals surface area (Å²) < 4.78 is 6.93. The molecule has 12 heteroatoms. The number of hydrogen-bond acceptors (Lipinski definition) is 9. The third-order valence-corrected chi connectivity index (χ3v) is 23.4. The minimum absolute atomic E-state index is 0.923. The normalized spacial score (nSPS) is 11.4. The first kappa shape index (κ1) is 72.6. The Balaban J connectivity index is 0.000000110. The van der Waals surface area contributed by atoms with Crippen LogP contribution in [0.4, 0.5) is 0 Å². The van der Waals surface area contributed by atoms with Crippen molar-refractivity contribution in [3.05, 3.63) is 438 Å². The first-order valence-electron chi connectivity index (χ1n) is 41.0. The fraction of sp³-hybridized carbons (Fsp3) is 0. The van der Waals surface area contributed by atoms with Gasteiger partial charge in [-0.3, -0.25) is 29.9 Å². The van der Waals surface area contributed by atoms with Gasteiger partial charge in [0.05, 0.1) is 67.3 Å². The molecule has 0 atom stereocenters. The van der Waals surface area contributed by atoms with Crippen molar-refractivity contribution >= 4 is 97.7 Å². The monoisotopic (exact) mass is 1570 g/mol. The largest absolute Gasteiger partial charge is 0.309 e. The molecule has 24 rings (SSSR count). The van der Waals surface area contributed by atoms with Crippen LogP contribution in [0.5, 0.6) is 0 Å². The van der Waals surface area contributed by atoms with Crippen molar-refractivity contribution < 1.29 is 0 Å². The number of aromatic nitrogens is 12. The number of para-hydroxylation sites is 3. The van der Waals surface area contributed by atoms with E-state index in [1.807, 2.05) is 111 Å². The van der Waals surface area contributed by atoms with E-state index in [2.05, 4.69) is 371 Å². The first-order chi connectivity index (χ1) is 61.0. The summed E-state index contributed by atoms with van der Waals surface area (Å²) in [5.41, 5.74) is 29.1. The van der Waals surface area contributed by atoms with E-state index in [9.17, 15) is 0 Å². The number of nitrogens with zero attached hydrogens (tertiary/aromatic N) is 12. The Bertz CT molecular complexity index is 7610. The SMILES string of the molecule is c1ccc2c(-c3cc(-c4ccc(-n5c6ccccc6c6cnccc65)cc4)cc(-c4ccncc4)n3)cccc2c1.c1ccc2c(-c3cc(-c4ccncc4)nc(-c4ccc(-n5c6ccccc6c6cnccc65)cc4)c3)cccc2c1.c1ccc2cc(-c3cc(-c4ccc(-n5c6ccccc6c6cnccc65)cc4)cc(-c4ccncc4)n3)ccc2c1. The van der Waals surface area contributed by atoms with Crippen molar-refractivity contribution in [3.63, 3.8) is 0 Å². The molecule has 123 heavy (non-hydrogen) atoms. The summed E-state index contributed by atoms with van der Waals surface area (Å²) in [5.74, 6) is 0. The smallest absolute Gasteiger partial charge is 0.0721 e. The highest BCUT2D eigenvalue weighted by molar-refractivity contribution is 6.11. The van der Waals surface area contributed by atoms with Crippen LogP contribution in [-0.2, 0) is 0 Å². The molecule has 12 aromatic heterocycles. The predicted molar refractivity (Wildman–Crippen MR) is 504 cm³/mol. The molecule has 0 aliphatic rings. The Labute approximate surface area is 708 Å². The van der Waals surface area contributed by atoms with Gasteiger partial charge in [0.15, 0.2) is 0 Å². The van der Waals surface area contributed by atoms with Crippen LogP contribution in [0.3, 0.4) is 0 Å².